The molecule has 1 atom stereocenters. The molecular weight excluding hydrogens is 230 g/mol. The summed E-state index contributed by atoms with van der Waals surface area (Å²) in [5.41, 5.74) is 5.86. The van der Waals surface area contributed by atoms with Crippen LogP contribution in [0.3, 0.4) is 0 Å². The maximum Gasteiger partial charge on any atom is 0.0614 e. The molecule has 0 saturated carbocycles. The molecule has 2 aromatic carbocycles. The molecule has 1 aliphatic heterocycles. The van der Waals surface area contributed by atoms with Crippen LogP contribution in [0, 0.1) is 5.92 Å². The van der Waals surface area contributed by atoms with Crippen molar-refractivity contribution in [3.05, 3.63) is 59.7 Å². The van der Waals surface area contributed by atoms with E-state index in [0.717, 1.165) is 5.92 Å². The van der Waals surface area contributed by atoms with E-state index < -0.39 is 0 Å². The van der Waals surface area contributed by atoms with Crippen LogP contribution in [0.15, 0.2) is 48.5 Å². The average molecular weight is 249 g/mol. The van der Waals surface area contributed by atoms with Gasteiger partial charge in [0, 0.05) is 6.54 Å². The highest BCUT2D eigenvalue weighted by molar-refractivity contribution is 5.78. The monoisotopic (exact) mass is 249 g/mol. The van der Waals surface area contributed by atoms with Gasteiger partial charge in [-0.1, -0.05) is 55.5 Å². The van der Waals surface area contributed by atoms with Gasteiger partial charge in [0.2, 0.25) is 0 Å². The number of likely N-dealkylation sites (tertiary alicyclic amines) is 1. The molecule has 0 N–H and O–H groups in total. The van der Waals surface area contributed by atoms with Gasteiger partial charge in [-0.05, 0) is 41.1 Å². The van der Waals surface area contributed by atoms with Crippen molar-refractivity contribution in [2.24, 2.45) is 5.92 Å². The van der Waals surface area contributed by atoms with E-state index in [2.05, 4.69) is 60.4 Å². The van der Waals surface area contributed by atoms with Crippen molar-refractivity contribution < 1.29 is 0 Å². The van der Waals surface area contributed by atoms with Crippen LogP contribution in [0.25, 0.3) is 11.1 Å². The molecular formula is C18H19N. The Balaban J connectivity index is 1.87. The van der Waals surface area contributed by atoms with Gasteiger partial charge in [-0.15, -0.1) is 0 Å². The second kappa shape index (κ2) is 4.21. The van der Waals surface area contributed by atoms with Crippen molar-refractivity contribution in [3.8, 4) is 11.1 Å². The summed E-state index contributed by atoms with van der Waals surface area (Å²) in [4.78, 5) is 2.66. The van der Waals surface area contributed by atoms with Gasteiger partial charge in [-0.25, -0.2) is 0 Å². The standard InChI is InChI=1S/C18H19N/c1-13-10-11-19(12-13)18-16-8-4-2-6-14(16)15-7-3-5-9-17(15)18/h2-9,13,18H,10-12H2,1H3. The van der Waals surface area contributed by atoms with E-state index >= 15 is 0 Å². The van der Waals surface area contributed by atoms with Crippen molar-refractivity contribution in [1.82, 2.24) is 4.90 Å². The van der Waals surface area contributed by atoms with Crippen molar-refractivity contribution in [3.63, 3.8) is 0 Å². The fourth-order valence-corrected chi connectivity index (χ4v) is 3.73. The highest BCUT2D eigenvalue weighted by atomic mass is 15.2. The third kappa shape index (κ3) is 1.65. The van der Waals surface area contributed by atoms with Crippen LogP contribution in [0.1, 0.15) is 30.5 Å². The molecule has 1 saturated heterocycles. The second-order valence-electron chi connectivity index (χ2n) is 5.97. The minimum Gasteiger partial charge on any atom is -0.292 e. The Hall–Kier alpha value is -1.60. The lowest BCUT2D eigenvalue weighted by atomic mass is 10.0. The quantitative estimate of drug-likeness (QED) is 0.735. The van der Waals surface area contributed by atoms with E-state index in [1.807, 2.05) is 0 Å². The molecule has 0 amide bonds. The van der Waals surface area contributed by atoms with Gasteiger partial charge in [0.05, 0.1) is 6.04 Å². The molecule has 1 fully saturated rings. The van der Waals surface area contributed by atoms with Crippen LogP contribution in [-0.4, -0.2) is 18.0 Å². The van der Waals surface area contributed by atoms with E-state index in [1.54, 1.807) is 0 Å². The predicted octanol–water partition coefficient (Wildman–Crippen LogP) is 4.10. The first-order chi connectivity index (χ1) is 9.34. The molecule has 2 aromatic rings. The minimum atomic E-state index is 0.484. The summed E-state index contributed by atoms with van der Waals surface area (Å²) in [7, 11) is 0. The molecule has 0 radical (unpaired) electrons. The fourth-order valence-electron chi connectivity index (χ4n) is 3.73. The van der Waals surface area contributed by atoms with Crippen LogP contribution < -0.4 is 0 Å². The Morgan fingerprint density at radius 2 is 1.47 bits per heavy atom. The average Bonchev–Trinajstić information content (AvgIpc) is 3.00. The molecule has 1 unspecified atom stereocenters. The molecule has 0 aromatic heterocycles. The largest absolute Gasteiger partial charge is 0.292 e. The lowest BCUT2D eigenvalue weighted by Gasteiger charge is -2.25. The summed E-state index contributed by atoms with van der Waals surface area (Å²) < 4.78 is 0. The molecule has 0 spiro atoms. The summed E-state index contributed by atoms with van der Waals surface area (Å²) in [6.07, 6.45) is 1.33. The Morgan fingerprint density at radius 1 is 0.895 bits per heavy atom. The Bertz CT molecular complexity index is 571. The van der Waals surface area contributed by atoms with Crippen LogP contribution in [-0.2, 0) is 0 Å². The zero-order valence-corrected chi connectivity index (χ0v) is 11.3. The lowest BCUT2D eigenvalue weighted by molar-refractivity contribution is 0.276. The van der Waals surface area contributed by atoms with Crippen LogP contribution in [0.4, 0.5) is 0 Å². The lowest BCUT2D eigenvalue weighted by Crippen LogP contribution is -2.25. The first-order valence-electron chi connectivity index (χ1n) is 7.27. The summed E-state index contributed by atoms with van der Waals surface area (Å²) >= 11 is 0. The maximum absolute atomic E-state index is 2.66. The van der Waals surface area contributed by atoms with Crippen molar-refractivity contribution >= 4 is 0 Å². The maximum atomic E-state index is 2.66. The van der Waals surface area contributed by atoms with Gasteiger partial charge in [0.25, 0.3) is 0 Å². The summed E-state index contributed by atoms with van der Waals surface area (Å²) in [5.74, 6) is 0.833. The van der Waals surface area contributed by atoms with Gasteiger partial charge < -0.3 is 0 Å². The zero-order valence-electron chi connectivity index (χ0n) is 11.3. The number of rotatable bonds is 1. The molecule has 0 bridgehead atoms. The number of benzene rings is 2. The first-order valence-corrected chi connectivity index (χ1v) is 7.27. The van der Waals surface area contributed by atoms with Crippen LogP contribution in [0.5, 0.6) is 0 Å². The van der Waals surface area contributed by atoms with Gasteiger partial charge in [-0.3, -0.25) is 4.90 Å². The van der Waals surface area contributed by atoms with Gasteiger partial charge in [0.15, 0.2) is 0 Å². The normalized spacial score (nSPS) is 22.5. The summed E-state index contributed by atoms with van der Waals surface area (Å²) in [5, 5.41) is 0. The minimum absolute atomic E-state index is 0.484. The molecule has 1 nitrogen and oxygen atoms in total. The fraction of sp³-hybridized carbons (Fsp3) is 0.333. The van der Waals surface area contributed by atoms with Crippen molar-refractivity contribution in [2.45, 2.75) is 19.4 Å². The predicted molar refractivity (Wildman–Crippen MR) is 79.1 cm³/mol. The SMILES string of the molecule is CC1CCN(C2c3ccccc3-c3ccccc32)C1. The molecule has 19 heavy (non-hydrogen) atoms. The first kappa shape index (κ1) is 11.2. The van der Waals surface area contributed by atoms with E-state index in [0.29, 0.717) is 6.04 Å². The Kier molecular flexibility index (Phi) is 2.49. The van der Waals surface area contributed by atoms with Crippen molar-refractivity contribution in [2.75, 3.05) is 13.1 Å². The number of hydrogen-bond donors (Lipinski definition) is 0. The highest BCUT2D eigenvalue weighted by Crippen LogP contribution is 2.47. The molecule has 2 aliphatic rings. The third-order valence-corrected chi connectivity index (χ3v) is 4.62. The topological polar surface area (TPSA) is 3.24 Å². The molecule has 4 rings (SSSR count). The number of hydrogen-bond acceptors (Lipinski definition) is 1. The third-order valence-electron chi connectivity index (χ3n) is 4.62. The van der Waals surface area contributed by atoms with E-state index in [1.165, 1.54) is 41.8 Å². The molecule has 1 aliphatic carbocycles. The van der Waals surface area contributed by atoms with Gasteiger partial charge in [0.1, 0.15) is 0 Å². The molecule has 96 valence electrons. The van der Waals surface area contributed by atoms with Gasteiger partial charge in [-0.2, -0.15) is 0 Å². The Morgan fingerprint density at radius 3 is 2.00 bits per heavy atom. The smallest absolute Gasteiger partial charge is 0.0614 e. The summed E-state index contributed by atoms with van der Waals surface area (Å²) in [6, 6.07) is 18.3. The van der Waals surface area contributed by atoms with Crippen LogP contribution >= 0.6 is 0 Å². The Labute approximate surface area is 114 Å². The zero-order chi connectivity index (χ0) is 12.8. The van der Waals surface area contributed by atoms with E-state index in [9.17, 15) is 0 Å². The number of fused-ring (bicyclic) bond motifs is 3. The second-order valence-corrected chi connectivity index (χ2v) is 5.97. The van der Waals surface area contributed by atoms with Gasteiger partial charge >= 0.3 is 0 Å². The summed E-state index contributed by atoms with van der Waals surface area (Å²) in [6.45, 7) is 4.83. The van der Waals surface area contributed by atoms with E-state index in [-0.39, 0.29) is 0 Å². The number of nitrogens with zero attached hydrogens (tertiary/aromatic N) is 1. The highest BCUT2D eigenvalue weighted by Gasteiger charge is 2.35. The molecule has 1 heterocycles. The van der Waals surface area contributed by atoms with E-state index in [4.69, 9.17) is 0 Å². The van der Waals surface area contributed by atoms with Crippen LogP contribution in [0.2, 0.25) is 0 Å². The van der Waals surface area contributed by atoms with Crippen molar-refractivity contribution in [1.29, 1.82) is 0 Å². The molecule has 1 heteroatoms.